The van der Waals surface area contributed by atoms with Crippen LogP contribution in [0.3, 0.4) is 0 Å². The van der Waals surface area contributed by atoms with Crippen LogP contribution in [0.5, 0.6) is 0 Å². The number of carbonyl (C=O) groups is 1. The minimum atomic E-state index is -0.463. The van der Waals surface area contributed by atoms with Crippen molar-refractivity contribution in [2.45, 2.75) is 30.9 Å². The van der Waals surface area contributed by atoms with Gasteiger partial charge in [-0.15, -0.1) is 0 Å². The Hall–Kier alpha value is -1.39. The molecule has 0 bridgehead atoms. The lowest BCUT2D eigenvalue weighted by Crippen LogP contribution is -2.55. The molecule has 1 unspecified atom stereocenters. The monoisotopic (exact) mass is 261 g/mol. The van der Waals surface area contributed by atoms with Gasteiger partial charge >= 0.3 is 0 Å². The molecular weight excluding hydrogens is 242 g/mol. The molecule has 1 aliphatic carbocycles. The third kappa shape index (κ3) is 2.51. The van der Waals surface area contributed by atoms with Crippen molar-refractivity contribution in [1.82, 2.24) is 5.32 Å². The summed E-state index contributed by atoms with van der Waals surface area (Å²) < 4.78 is 10.7. The molecule has 1 aromatic rings. The van der Waals surface area contributed by atoms with E-state index in [1.54, 1.807) is 0 Å². The minimum Gasteiger partial charge on any atom is -0.376 e. The largest absolute Gasteiger partial charge is 0.376 e. The molecule has 2 aliphatic rings. The van der Waals surface area contributed by atoms with Crippen LogP contribution in [0.4, 0.5) is 0 Å². The third-order valence-electron chi connectivity index (χ3n) is 4.00. The molecule has 102 valence electrons. The summed E-state index contributed by atoms with van der Waals surface area (Å²) in [6, 6.07) is 10.2. The van der Waals surface area contributed by atoms with Crippen molar-refractivity contribution >= 4 is 5.91 Å². The number of hydrogen-bond donors (Lipinski definition) is 1. The predicted octanol–water partition coefficient (Wildman–Crippen LogP) is 1.60. The molecular formula is C15H19NO3. The second kappa shape index (κ2) is 5.31. The summed E-state index contributed by atoms with van der Waals surface area (Å²) in [5, 5.41) is 3.17. The maximum Gasteiger partial charge on any atom is 0.252 e. The average Bonchev–Trinajstić information content (AvgIpc) is 2.44. The first-order valence-electron chi connectivity index (χ1n) is 6.87. The average molecular weight is 261 g/mol. The summed E-state index contributed by atoms with van der Waals surface area (Å²) in [5.41, 5.74) is 0.991. The second-order valence-electron chi connectivity index (χ2n) is 5.23. The van der Waals surface area contributed by atoms with Crippen LogP contribution < -0.4 is 5.32 Å². The van der Waals surface area contributed by atoms with Gasteiger partial charge in [-0.05, 0) is 24.8 Å². The molecule has 1 aliphatic heterocycles. The molecule has 1 amide bonds. The first-order valence-corrected chi connectivity index (χ1v) is 6.87. The van der Waals surface area contributed by atoms with Gasteiger partial charge in [0.15, 0.2) is 6.10 Å². The van der Waals surface area contributed by atoms with E-state index in [0.29, 0.717) is 19.8 Å². The van der Waals surface area contributed by atoms with Gasteiger partial charge in [0.2, 0.25) is 0 Å². The SMILES string of the molecule is O=C(NC1(c2ccccc2)CCC1)C1COCCO1. The van der Waals surface area contributed by atoms with Crippen LogP contribution in [0.15, 0.2) is 30.3 Å². The van der Waals surface area contributed by atoms with Crippen LogP contribution in [0.2, 0.25) is 0 Å². The lowest BCUT2D eigenvalue weighted by molar-refractivity contribution is -0.150. The van der Waals surface area contributed by atoms with Gasteiger partial charge in [-0.1, -0.05) is 30.3 Å². The molecule has 0 aromatic heterocycles. The highest BCUT2D eigenvalue weighted by molar-refractivity contribution is 5.82. The van der Waals surface area contributed by atoms with E-state index in [1.165, 1.54) is 5.56 Å². The first kappa shape index (κ1) is 12.6. The second-order valence-corrected chi connectivity index (χ2v) is 5.23. The van der Waals surface area contributed by atoms with Crippen LogP contribution in [-0.4, -0.2) is 31.8 Å². The Morgan fingerprint density at radius 2 is 2.00 bits per heavy atom. The molecule has 1 aromatic carbocycles. The molecule has 0 spiro atoms. The summed E-state index contributed by atoms with van der Waals surface area (Å²) in [7, 11) is 0. The Labute approximate surface area is 113 Å². The van der Waals surface area contributed by atoms with E-state index in [1.807, 2.05) is 18.2 Å². The number of ether oxygens (including phenoxy) is 2. The molecule has 1 heterocycles. The van der Waals surface area contributed by atoms with E-state index in [0.717, 1.165) is 19.3 Å². The fourth-order valence-corrected chi connectivity index (χ4v) is 2.73. The van der Waals surface area contributed by atoms with Gasteiger partial charge in [-0.3, -0.25) is 4.79 Å². The number of benzene rings is 1. The lowest BCUT2D eigenvalue weighted by Gasteiger charge is -2.44. The Morgan fingerprint density at radius 1 is 1.21 bits per heavy atom. The van der Waals surface area contributed by atoms with Crippen molar-refractivity contribution < 1.29 is 14.3 Å². The van der Waals surface area contributed by atoms with E-state index in [9.17, 15) is 4.79 Å². The van der Waals surface area contributed by atoms with Crippen LogP contribution in [0.1, 0.15) is 24.8 Å². The molecule has 1 saturated carbocycles. The molecule has 4 heteroatoms. The molecule has 3 rings (SSSR count). The van der Waals surface area contributed by atoms with Gasteiger partial charge in [0, 0.05) is 0 Å². The molecule has 0 radical (unpaired) electrons. The summed E-state index contributed by atoms with van der Waals surface area (Å²) >= 11 is 0. The van der Waals surface area contributed by atoms with Crippen molar-refractivity contribution in [2.24, 2.45) is 0 Å². The third-order valence-corrected chi connectivity index (χ3v) is 4.00. The summed E-state index contributed by atoms with van der Waals surface area (Å²) in [6.07, 6.45) is 2.68. The maximum atomic E-state index is 12.3. The maximum absolute atomic E-state index is 12.3. The first-order chi connectivity index (χ1) is 9.30. The molecule has 1 atom stereocenters. The highest BCUT2D eigenvalue weighted by atomic mass is 16.6. The number of amides is 1. The molecule has 1 N–H and O–H groups in total. The van der Waals surface area contributed by atoms with E-state index in [2.05, 4.69) is 17.4 Å². The van der Waals surface area contributed by atoms with E-state index < -0.39 is 6.10 Å². The normalized spacial score (nSPS) is 25.4. The standard InChI is InChI=1S/C15H19NO3/c17-14(13-11-18-9-10-19-13)16-15(7-4-8-15)12-5-2-1-3-6-12/h1-3,5-6,13H,4,7-11H2,(H,16,17). The van der Waals surface area contributed by atoms with E-state index >= 15 is 0 Å². The summed E-state index contributed by atoms with van der Waals surface area (Å²) in [6.45, 7) is 1.43. The van der Waals surface area contributed by atoms with Gasteiger partial charge in [0.05, 0.1) is 25.4 Å². The number of hydrogen-bond acceptors (Lipinski definition) is 3. The van der Waals surface area contributed by atoms with Gasteiger partial charge in [0.25, 0.3) is 5.91 Å². The predicted molar refractivity (Wildman–Crippen MR) is 70.7 cm³/mol. The van der Waals surface area contributed by atoms with Gasteiger partial charge in [-0.25, -0.2) is 0 Å². The number of carbonyl (C=O) groups excluding carboxylic acids is 1. The zero-order chi connectivity index (χ0) is 13.1. The van der Waals surface area contributed by atoms with Crippen LogP contribution in [0.25, 0.3) is 0 Å². The van der Waals surface area contributed by atoms with E-state index in [4.69, 9.17) is 9.47 Å². The Bertz CT molecular complexity index is 436. The van der Waals surface area contributed by atoms with Crippen LogP contribution >= 0.6 is 0 Å². The van der Waals surface area contributed by atoms with Crippen molar-refractivity contribution in [2.75, 3.05) is 19.8 Å². The molecule has 4 nitrogen and oxygen atoms in total. The van der Waals surface area contributed by atoms with Gasteiger partial charge in [0.1, 0.15) is 0 Å². The van der Waals surface area contributed by atoms with Crippen molar-refractivity contribution in [1.29, 1.82) is 0 Å². The van der Waals surface area contributed by atoms with Crippen LogP contribution in [-0.2, 0) is 19.8 Å². The lowest BCUT2D eigenvalue weighted by atomic mass is 9.71. The number of rotatable bonds is 3. The van der Waals surface area contributed by atoms with Gasteiger partial charge < -0.3 is 14.8 Å². The molecule has 19 heavy (non-hydrogen) atoms. The fraction of sp³-hybridized carbons (Fsp3) is 0.533. The van der Waals surface area contributed by atoms with Crippen molar-refractivity contribution in [3.05, 3.63) is 35.9 Å². The van der Waals surface area contributed by atoms with Crippen LogP contribution in [0, 0.1) is 0 Å². The number of nitrogens with one attached hydrogen (secondary N) is 1. The zero-order valence-electron chi connectivity index (χ0n) is 10.9. The Balaban J connectivity index is 1.71. The fourth-order valence-electron chi connectivity index (χ4n) is 2.73. The summed E-state index contributed by atoms with van der Waals surface area (Å²) in [4.78, 5) is 12.3. The molecule has 2 fully saturated rings. The Kier molecular flexibility index (Phi) is 3.53. The smallest absolute Gasteiger partial charge is 0.252 e. The van der Waals surface area contributed by atoms with E-state index in [-0.39, 0.29) is 11.4 Å². The Morgan fingerprint density at radius 3 is 2.58 bits per heavy atom. The van der Waals surface area contributed by atoms with Crippen molar-refractivity contribution in [3.8, 4) is 0 Å². The van der Waals surface area contributed by atoms with Crippen molar-refractivity contribution in [3.63, 3.8) is 0 Å². The highest BCUT2D eigenvalue weighted by Crippen LogP contribution is 2.41. The van der Waals surface area contributed by atoms with Gasteiger partial charge in [-0.2, -0.15) is 0 Å². The topological polar surface area (TPSA) is 47.6 Å². The highest BCUT2D eigenvalue weighted by Gasteiger charge is 2.41. The summed E-state index contributed by atoms with van der Waals surface area (Å²) in [5.74, 6) is -0.0525. The quantitative estimate of drug-likeness (QED) is 0.899. The zero-order valence-corrected chi connectivity index (χ0v) is 10.9. The minimum absolute atomic E-state index is 0.0525. The molecule has 1 saturated heterocycles.